The van der Waals surface area contributed by atoms with Gasteiger partial charge in [-0.1, -0.05) is 12.1 Å². The Hall–Kier alpha value is -2.50. The molecule has 25 heavy (non-hydrogen) atoms. The fraction of sp³-hybridized carbons (Fsp3) is 0.474. The van der Waals surface area contributed by atoms with E-state index < -0.39 is 0 Å². The van der Waals surface area contributed by atoms with Crippen molar-refractivity contribution in [2.24, 2.45) is 7.05 Å². The molecule has 134 valence electrons. The van der Waals surface area contributed by atoms with E-state index >= 15 is 0 Å². The second-order valence-corrected chi connectivity index (χ2v) is 6.45. The molecule has 1 aromatic heterocycles. The molecule has 0 saturated carbocycles. The zero-order chi connectivity index (χ0) is 18.0. The van der Waals surface area contributed by atoms with Crippen LogP contribution in [0.3, 0.4) is 0 Å². The van der Waals surface area contributed by atoms with Gasteiger partial charge in [0.2, 0.25) is 5.88 Å². The molecule has 2 heterocycles. The summed E-state index contributed by atoms with van der Waals surface area (Å²) in [6, 6.07) is 8.02. The van der Waals surface area contributed by atoms with Crippen molar-refractivity contribution < 1.29 is 14.3 Å². The molecule has 1 unspecified atom stereocenters. The Labute approximate surface area is 148 Å². The predicted octanol–water partition coefficient (Wildman–Crippen LogP) is 2.79. The first-order valence-electron chi connectivity index (χ1n) is 8.57. The normalized spacial score (nSPS) is 17.0. The number of aromatic nitrogens is 2. The molecule has 1 aliphatic heterocycles. The summed E-state index contributed by atoms with van der Waals surface area (Å²) in [6.45, 7) is 4.67. The highest BCUT2D eigenvalue weighted by atomic mass is 16.5. The Morgan fingerprint density at radius 3 is 2.84 bits per heavy atom. The molecule has 2 aromatic rings. The molecule has 3 rings (SSSR count). The van der Waals surface area contributed by atoms with Gasteiger partial charge in [-0.05, 0) is 44.4 Å². The van der Waals surface area contributed by atoms with Crippen LogP contribution in [-0.2, 0) is 11.8 Å². The maximum Gasteiger partial charge on any atom is 0.261 e. The first-order valence-corrected chi connectivity index (χ1v) is 8.57. The lowest BCUT2D eigenvalue weighted by Gasteiger charge is -2.25. The highest BCUT2D eigenvalue weighted by Crippen LogP contribution is 2.33. The molecule has 0 bridgehead atoms. The second kappa shape index (κ2) is 7.17. The van der Waals surface area contributed by atoms with E-state index in [-0.39, 0.29) is 18.6 Å². The second-order valence-electron chi connectivity index (χ2n) is 6.45. The molecule has 1 atom stereocenters. The summed E-state index contributed by atoms with van der Waals surface area (Å²) in [5.74, 6) is 1.47. The molecule has 1 aromatic carbocycles. The van der Waals surface area contributed by atoms with E-state index in [9.17, 15) is 4.79 Å². The average molecular weight is 343 g/mol. The topological polar surface area (TPSA) is 56.6 Å². The predicted molar refractivity (Wildman–Crippen MR) is 94.9 cm³/mol. The van der Waals surface area contributed by atoms with E-state index in [1.165, 1.54) is 0 Å². The lowest BCUT2D eigenvalue weighted by molar-refractivity contribution is -0.134. The van der Waals surface area contributed by atoms with Crippen LogP contribution in [0.25, 0.3) is 0 Å². The Bertz CT molecular complexity index is 769. The van der Waals surface area contributed by atoms with Crippen LogP contribution in [0, 0.1) is 13.8 Å². The average Bonchev–Trinajstić information content (AvgIpc) is 3.19. The van der Waals surface area contributed by atoms with Crippen molar-refractivity contribution in [1.29, 1.82) is 0 Å². The van der Waals surface area contributed by atoms with Crippen molar-refractivity contribution in [2.45, 2.75) is 32.7 Å². The van der Waals surface area contributed by atoms with Gasteiger partial charge in [-0.15, -0.1) is 0 Å². The molecule has 0 aliphatic carbocycles. The van der Waals surface area contributed by atoms with Gasteiger partial charge in [-0.3, -0.25) is 4.79 Å². The lowest BCUT2D eigenvalue weighted by Crippen LogP contribution is -2.34. The van der Waals surface area contributed by atoms with Gasteiger partial charge in [0, 0.05) is 19.2 Å². The number of methoxy groups -OCH3 is 1. The summed E-state index contributed by atoms with van der Waals surface area (Å²) < 4.78 is 12.8. The molecule has 1 aliphatic rings. The van der Waals surface area contributed by atoms with Gasteiger partial charge >= 0.3 is 0 Å². The zero-order valence-corrected chi connectivity index (χ0v) is 15.3. The van der Waals surface area contributed by atoms with E-state index in [4.69, 9.17) is 9.47 Å². The minimum atomic E-state index is 0.00331. The quantitative estimate of drug-likeness (QED) is 0.838. The third-order valence-corrected chi connectivity index (χ3v) is 4.84. The van der Waals surface area contributed by atoms with E-state index in [1.54, 1.807) is 11.8 Å². The molecule has 0 radical (unpaired) electrons. The molecule has 6 nitrogen and oxygen atoms in total. The number of benzene rings is 1. The minimum Gasteiger partial charge on any atom is -0.497 e. The monoisotopic (exact) mass is 343 g/mol. The maximum absolute atomic E-state index is 12.7. The standard InChI is InChI=1S/C19H25N3O3/c1-13-14(2)20-21(3)19(13)25-12-18(23)22-10-6-9-17(22)15-7-5-8-16(11-15)24-4/h5,7-8,11,17H,6,9-10,12H2,1-4H3. The van der Waals surface area contributed by atoms with Crippen LogP contribution in [0.2, 0.25) is 0 Å². The molecule has 1 amide bonds. The Balaban J connectivity index is 1.70. The van der Waals surface area contributed by atoms with Gasteiger partial charge in [-0.2, -0.15) is 5.10 Å². The molecule has 1 saturated heterocycles. The van der Waals surface area contributed by atoms with E-state index in [2.05, 4.69) is 5.10 Å². The van der Waals surface area contributed by atoms with Crippen LogP contribution in [0.4, 0.5) is 0 Å². The number of hydrogen-bond acceptors (Lipinski definition) is 4. The van der Waals surface area contributed by atoms with E-state index in [0.717, 1.165) is 42.0 Å². The highest BCUT2D eigenvalue weighted by Gasteiger charge is 2.30. The highest BCUT2D eigenvalue weighted by molar-refractivity contribution is 5.78. The van der Waals surface area contributed by atoms with Gasteiger partial charge in [0.15, 0.2) is 6.61 Å². The number of likely N-dealkylation sites (tertiary alicyclic amines) is 1. The largest absolute Gasteiger partial charge is 0.497 e. The van der Waals surface area contributed by atoms with Crippen LogP contribution >= 0.6 is 0 Å². The molecule has 0 spiro atoms. The molecular formula is C19H25N3O3. The van der Waals surface area contributed by atoms with Crippen LogP contribution < -0.4 is 9.47 Å². The third kappa shape index (κ3) is 3.48. The number of aryl methyl sites for hydroxylation is 2. The van der Waals surface area contributed by atoms with Gasteiger partial charge in [0.25, 0.3) is 5.91 Å². The minimum absolute atomic E-state index is 0.00331. The van der Waals surface area contributed by atoms with Crippen molar-refractivity contribution in [3.63, 3.8) is 0 Å². The Morgan fingerprint density at radius 2 is 2.16 bits per heavy atom. The molecule has 6 heteroatoms. The molecule has 1 fully saturated rings. The van der Waals surface area contributed by atoms with Gasteiger partial charge < -0.3 is 14.4 Å². The summed E-state index contributed by atoms with van der Waals surface area (Å²) in [6.07, 6.45) is 1.96. The Morgan fingerprint density at radius 1 is 1.36 bits per heavy atom. The maximum atomic E-state index is 12.7. The smallest absolute Gasteiger partial charge is 0.261 e. The van der Waals surface area contributed by atoms with Crippen molar-refractivity contribution >= 4 is 5.91 Å². The SMILES string of the molecule is COc1cccc(C2CCCN2C(=O)COc2c(C)c(C)nn2C)c1. The van der Waals surface area contributed by atoms with Gasteiger partial charge in [0.1, 0.15) is 5.75 Å². The summed E-state index contributed by atoms with van der Waals surface area (Å²) in [5.41, 5.74) is 3.00. The van der Waals surface area contributed by atoms with Crippen molar-refractivity contribution in [3.05, 3.63) is 41.1 Å². The zero-order valence-electron chi connectivity index (χ0n) is 15.3. The summed E-state index contributed by atoms with van der Waals surface area (Å²) in [5, 5.41) is 4.32. The summed E-state index contributed by atoms with van der Waals surface area (Å²) >= 11 is 0. The van der Waals surface area contributed by atoms with Crippen LogP contribution in [0.15, 0.2) is 24.3 Å². The first-order chi connectivity index (χ1) is 12.0. The van der Waals surface area contributed by atoms with Crippen molar-refractivity contribution in [3.8, 4) is 11.6 Å². The summed E-state index contributed by atoms with van der Waals surface area (Å²) in [4.78, 5) is 14.6. The van der Waals surface area contributed by atoms with E-state index in [1.807, 2.05) is 50.1 Å². The Kier molecular flexibility index (Phi) is 4.97. The number of amides is 1. The number of nitrogens with zero attached hydrogens (tertiary/aromatic N) is 3. The van der Waals surface area contributed by atoms with E-state index in [0.29, 0.717) is 5.88 Å². The van der Waals surface area contributed by atoms with Crippen LogP contribution in [0.5, 0.6) is 11.6 Å². The number of hydrogen-bond donors (Lipinski definition) is 0. The van der Waals surface area contributed by atoms with Gasteiger partial charge in [-0.25, -0.2) is 4.68 Å². The van der Waals surface area contributed by atoms with Crippen LogP contribution in [-0.4, -0.2) is 40.8 Å². The molecular weight excluding hydrogens is 318 g/mol. The summed E-state index contributed by atoms with van der Waals surface area (Å²) in [7, 11) is 3.48. The third-order valence-electron chi connectivity index (χ3n) is 4.84. The number of carbonyl (C=O) groups is 1. The van der Waals surface area contributed by atoms with Crippen molar-refractivity contribution in [1.82, 2.24) is 14.7 Å². The van der Waals surface area contributed by atoms with Crippen molar-refractivity contribution in [2.75, 3.05) is 20.3 Å². The number of carbonyl (C=O) groups excluding carboxylic acids is 1. The number of ether oxygens (including phenoxy) is 2. The van der Waals surface area contributed by atoms with Gasteiger partial charge in [0.05, 0.1) is 18.8 Å². The first kappa shape index (κ1) is 17.3. The fourth-order valence-corrected chi connectivity index (χ4v) is 3.42. The fourth-order valence-electron chi connectivity index (χ4n) is 3.42. The number of rotatable bonds is 5. The molecule has 0 N–H and O–H groups in total. The van der Waals surface area contributed by atoms with Crippen LogP contribution in [0.1, 0.15) is 35.7 Å². The lowest BCUT2D eigenvalue weighted by atomic mass is 10.0.